The van der Waals surface area contributed by atoms with Crippen LogP contribution in [-0.4, -0.2) is 47.7 Å². The Morgan fingerprint density at radius 3 is 2.76 bits per heavy atom. The minimum atomic E-state index is 0.378. The van der Waals surface area contributed by atoms with Crippen molar-refractivity contribution in [1.29, 1.82) is 0 Å². The SMILES string of the molecule is C[C@@]12CC3OC4CC(c5ccoc5)[C@@]5(C)CC[C@@H]1[C@@H](CCC2CC3SCCN1CCCC1)[C@H]45. The van der Waals surface area contributed by atoms with E-state index in [0.29, 0.717) is 34.2 Å². The first-order chi connectivity index (χ1) is 16.1. The first-order valence-electron chi connectivity index (χ1n) is 14.1. The van der Waals surface area contributed by atoms with E-state index in [0.717, 1.165) is 23.7 Å². The van der Waals surface area contributed by atoms with Gasteiger partial charge in [0.1, 0.15) is 0 Å². The predicted octanol–water partition coefficient (Wildman–Crippen LogP) is 6.59. The molecule has 182 valence electrons. The average molecular weight is 470 g/mol. The maximum atomic E-state index is 7.32. The first kappa shape index (κ1) is 21.8. The Kier molecular flexibility index (Phi) is 5.31. The van der Waals surface area contributed by atoms with Crippen LogP contribution in [0.5, 0.6) is 0 Å². The van der Waals surface area contributed by atoms with Crippen molar-refractivity contribution in [3.63, 3.8) is 0 Å². The third-order valence-electron chi connectivity index (χ3n) is 11.8. The van der Waals surface area contributed by atoms with Crippen LogP contribution in [0.25, 0.3) is 0 Å². The lowest BCUT2D eigenvalue weighted by Gasteiger charge is -2.64. The zero-order valence-corrected chi connectivity index (χ0v) is 21.5. The van der Waals surface area contributed by atoms with Gasteiger partial charge < -0.3 is 14.1 Å². The van der Waals surface area contributed by atoms with Crippen LogP contribution < -0.4 is 0 Å². The van der Waals surface area contributed by atoms with Crippen LogP contribution in [0.15, 0.2) is 23.0 Å². The molecule has 0 spiro atoms. The number of thioether (sulfide) groups is 1. The summed E-state index contributed by atoms with van der Waals surface area (Å²) in [6.07, 6.45) is 17.4. The maximum Gasteiger partial charge on any atom is 0.0937 e. The van der Waals surface area contributed by atoms with E-state index in [4.69, 9.17) is 9.15 Å². The van der Waals surface area contributed by atoms with Gasteiger partial charge in [0, 0.05) is 17.5 Å². The summed E-state index contributed by atoms with van der Waals surface area (Å²) in [4.78, 5) is 2.69. The molecular weight excluding hydrogens is 426 g/mol. The second-order valence-corrected chi connectivity index (χ2v) is 14.4. The lowest BCUT2D eigenvalue weighted by molar-refractivity contribution is -0.198. The van der Waals surface area contributed by atoms with Crippen LogP contribution in [0.3, 0.4) is 0 Å². The highest BCUT2D eigenvalue weighted by atomic mass is 32.2. The third-order valence-corrected chi connectivity index (χ3v) is 13.2. The van der Waals surface area contributed by atoms with Gasteiger partial charge in [-0.1, -0.05) is 13.8 Å². The molecule has 3 nitrogen and oxygen atoms in total. The van der Waals surface area contributed by atoms with E-state index in [9.17, 15) is 0 Å². The summed E-state index contributed by atoms with van der Waals surface area (Å²) in [5, 5.41) is 0.709. The molecule has 3 heterocycles. The molecule has 33 heavy (non-hydrogen) atoms. The molecule has 5 bridgehead atoms. The number of ether oxygens (including phenoxy) is 1. The maximum absolute atomic E-state index is 7.32. The molecule has 0 radical (unpaired) electrons. The molecule has 0 amide bonds. The van der Waals surface area contributed by atoms with Crippen molar-refractivity contribution in [2.24, 2.45) is 34.5 Å². The van der Waals surface area contributed by atoms with E-state index in [1.54, 1.807) is 0 Å². The van der Waals surface area contributed by atoms with E-state index < -0.39 is 0 Å². The molecule has 5 unspecified atom stereocenters. The van der Waals surface area contributed by atoms with Gasteiger partial charge in [0.2, 0.25) is 0 Å². The molecule has 6 fully saturated rings. The highest BCUT2D eigenvalue weighted by Gasteiger charge is 2.66. The average Bonchev–Trinajstić information content (AvgIpc) is 3.55. The van der Waals surface area contributed by atoms with Crippen molar-refractivity contribution in [3.05, 3.63) is 24.2 Å². The van der Waals surface area contributed by atoms with E-state index in [1.807, 2.05) is 12.5 Å². The van der Waals surface area contributed by atoms with Crippen molar-refractivity contribution in [2.75, 3.05) is 25.4 Å². The number of hydrogen-bond donors (Lipinski definition) is 0. The van der Waals surface area contributed by atoms with Gasteiger partial charge in [-0.2, -0.15) is 11.8 Å². The normalized spacial score (nSPS) is 51.0. The van der Waals surface area contributed by atoms with Gasteiger partial charge in [-0.25, -0.2) is 0 Å². The molecule has 4 aliphatic carbocycles. The number of furan rings is 1. The lowest BCUT2D eigenvalue weighted by Crippen LogP contribution is -2.60. The van der Waals surface area contributed by atoms with Gasteiger partial charge in [0.15, 0.2) is 0 Å². The van der Waals surface area contributed by atoms with Gasteiger partial charge in [0.25, 0.3) is 0 Å². The van der Waals surface area contributed by atoms with Crippen molar-refractivity contribution in [3.8, 4) is 0 Å². The van der Waals surface area contributed by atoms with Crippen LogP contribution in [0.4, 0.5) is 0 Å². The summed E-state index contributed by atoms with van der Waals surface area (Å²) in [7, 11) is 0. The quantitative estimate of drug-likeness (QED) is 0.486. The monoisotopic (exact) mass is 469 g/mol. The topological polar surface area (TPSA) is 25.6 Å². The number of rotatable bonds is 5. The van der Waals surface area contributed by atoms with Crippen molar-refractivity contribution >= 4 is 11.8 Å². The minimum absolute atomic E-state index is 0.378. The van der Waals surface area contributed by atoms with E-state index in [1.165, 1.54) is 88.7 Å². The molecule has 2 aliphatic heterocycles. The Bertz CT molecular complexity index is 852. The number of fused-ring (bicyclic) bond motifs is 1. The highest BCUT2D eigenvalue weighted by Crippen LogP contribution is 2.71. The van der Waals surface area contributed by atoms with E-state index >= 15 is 0 Å². The van der Waals surface area contributed by atoms with Gasteiger partial charge in [-0.15, -0.1) is 0 Å². The fourth-order valence-electron chi connectivity index (χ4n) is 10.3. The second-order valence-electron chi connectivity index (χ2n) is 13.1. The Hall–Kier alpha value is -0.450. The van der Waals surface area contributed by atoms with Gasteiger partial charge in [-0.05, 0) is 123 Å². The number of nitrogens with zero attached hydrogens (tertiary/aromatic N) is 1. The summed E-state index contributed by atoms with van der Waals surface area (Å²) < 4.78 is 12.9. The Balaban J connectivity index is 1.18. The van der Waals surface area contributed by atoms with Crippen LogP contribution in [-0.2, 0) is 4.74 Å². The standard InChI is InChI=1S/C29H43NO2S/c1-28-9-7-22-21-6-5-20-15-26(33-14-12-30-10-3-4-11-30)25(17-29(20,22)2)32-24(27(21)28)16-23(28)19-8-13-31-18-19/h8,13,18,20-27H,3-7,9-12,14-17H2,1-2H3/t20?,21-,22-,23?,24?,25?,26?,27-,28-,29+/m1/s1. The Morgan fingerprint density at radius 1 is 1.06 bits per heavy atom. The number of likely N-dealkylation sites (tertiary alicyclic amines) is 1. The summed E-state index contributed by atoms with van der Waals surface area (Å²) in [6, 6.07) is 2.24. The molecule has 6 aliphatic rings. The van der Waals surface area contributed by atoms with Crippen molar-refractivity contribution in [2.45, 2.75) is 95.0 Å². The Morgan fingerprint density at radius 2 is 1.94 bits per heavy atom. The lowest BCUT2D eigenvalue weighted by atomic mass is 9.44. The molecule has 1 aromatic rings. The smallest absolute Gasteiger partial charge is 0.0937 e. The second kappa shape index (κ2) is 8.03. The molecule has 2 saturated heterocycles. The molecule has 0 N–H and O–H groups in total. The summed E-state index contributed by atoms with van der Waals surface area (Å²) in [5.41, 5.74) is 2.33. The molecule has 1 aromatic heterocycles. The number of hydrogen-bond acceptors (Lipinski definition) is 4. The zero-order valence-electron chi connectivity index (χ0n) is 20.7. The molecule has 0 aromatic carbocycles. The largest absolute Gasteiger partial charge is 0.472 e. The van der Waals surface area contributed by atoms with Crippen LogP contribution >= 0.6 is 11.8 Å². The first-order valence-corrected chi connectivity index (χ1v) is 15.1. The fourth-order valence-corrected chi connectivity index (χ4v) is 11.7. The highest BCUT2D eigenvalue weighted by molar-refractivity contribution is 8.00. The molecular formula is C29H43NO2S. The Labute approximate surface area is 204 Å². The molecule has 4 saturated carbocycles. The summed E-state index contributed by atoms with van der Waals surface area (Å²) in [6.45, 7) is 9.26. The van der Waals surface area contributed by atoms with Gasteiger partial charge in [-0.3, -0.25) is 0 Å². The minimum Gasteiger partial charge on any atom is -0.472 e. The van der Waals surface area contributed by atoms with E-state index in [2.05, 4.69) is 36.6 Å². The van der Waals surface area contributed by atoms with Crippen LogP contribution in [0, 0.1) is 34.5 Å². The van der Waals surface area contributed by atoms with Crippen LogP contribution in [0.1, 0.15) is 83.1 Å². The molecule has 10 atom stereocenters. The van der Waals surface area contributed by atoms with Crippen LogP contribution in [0.2, 0.25) is 0 Å². The van der Waals surface area contributed by atoms with Crippen molar-refractivity contribution in [1.82, 2.24) is 4.90 Å². The van der Waals surface area contributed by atoms with E-state index in [-0.39, 0.29) is 0 Å². The third kappa shape index (κ3) is 3.29. The predicted molar refractivity (Wildman–Crippen MR) is 135 cm³/mol. The summed E-state index contributed by atoms with van der Waals surface area (Å²) >= 11 is 2.27. The zero-order chi connectivity index (χ0) is 22.2. The molecule has 4 heteroatoms. The van der Waals surface area contributed by atoms with Gasteiger partial charge in [0.05, 0.1) is 24.7 Å². The molecule has 7 rings (SSSR count). The summed E-state index contributed by atoms with van der Waals surface area (Å²) in [5.74, 6) is 5.39. The van der Waals surface area contributed by atoms with Gasteiger partial charge >= 0.3 is 0 Å². The fraction of sp³-hybridized carbons (Fsp3) is 0.862. The van der Waals surface area contributed by atoms with Crippen molar-refractivity contribution < 1.29 is 9.15 Å².